The van der Waals surface area contributed by atoms with Crippen LogP contribution in [0.4, 0.5) is 15.8 Å². The summed E-state index contributed by atoms with van der Waals surface area (Å²) in [6, 6.07) is 2.50. The molecule has 0 saturated carbocycles. The number of anilines is 1. The third-order valence-corrected chi connectivity index (χ3v) is 4.46. The highest BCUT2D eigenvalue weighted by Gasteiger charge is 2.26. The number of rotatable bonds is 5. The quantitative estimate of drug-likeness (QED) is 0.647. The molecule has 116 valence electrons. The normalized spacial score (nSPS) is 16.2. The molecule has 0 atom stereocenters. The van der Waals surface area contributed by atoms with Crippen LogP contribution in [0.3, 0.4) is 0 Å². The van der Waals surface area contributed by atoms with Gasteiger partial charge in [0, 0.05) is 25.2 Å². The Hall–Kier alpha value is -1.21. The molecule has 0 unspecified atom stereocenters. The molecule has 7 heteroatoms. The van der Waals surface area contributed by atoms with Gasteiger partial charge in [0.25, 0.3) is 5.69 Å². The monoisotopic (exact) mass is 359 g/mol. The van der Waals surface area contributed by atoms with E-state index < -0.39 is 10.7 Å². The summed E-state index contributed by atoms with van der Waals surface area (Å²) in [6.45, 7) is 5.43. The number of nitrogens with zero attached hydrogens (tertiary/aromatic N) is 2. The van der Waals surface area contributed by atoms with Gasteiger partial charge in [0.15, 0.2) is 0 Å². The number of halogens is 2. The van der Waals surface area contributed by atoms with E-state index in [2.05, 4.69) is 28.2 Å². The van der Waals surface area contributed by atoms with Crippen LogP contribution in [0.5, 0.6) is 0 Å². The van der Waals surface area contributed by atoms with Crippen molar-refractivity contribution in [1.82, 2.24) is 5.32 Å². The highest BCUT2D eigenvalue weighted by molar-refractivity contribution is 9.10. The predicted molar refractivity (Wildman–Crippen MR) is 84.2 cm³/mol. The first kappa shape index (κ1) is 16.2. The Balaban J connectivity index is 2.12. The first-order valence-electron chi connectivity index (χ1n) is 7.12. The van der Waals surface area contributed by atoms with Crippen molar-refractivity contribution in [3.05, 3.63) is 32.5 Å². The Morgan fingerprint density at radius 3 is 2.71 bits per heavy atom. The molecule has 1 N–H and O–H groups in total. The van der Waals surface area contributed by atoms with Gasteiger partial charge in [-0.15, -0.1) is 0 Å². The summed E-state index contributed by atoms with van der Waals surface area (Å²) in [4.78, 5) is 12.6. The average molecular weight is 360 g/mol. The Morgan fingerprint density at radius 1 is 1.48 bits per heavy atom. The number of piperidine rings is 1. The summed E-state index contributed by atoms with van der Waals surface area (Å²) < 4.78 is 13.8. The molecule has 1 aromatic carbocycles. The highest BCUT2D eigenvalue weighted by atomic mass is 79.9. The van der Waals surface area contributed by atoms with Crippen molar-refractivity contribution in [3.63, 3.8) is 0 Å². The highest BCUT2D eigenvalue weighted by Crippen LogP contribution is 2.35. The number of nitro groups is 1. The van der Waals surface area contributed by atoms with Crippen molar-refractivity contribution >= 4 is 27.3 Å². The zero-order valence-corrected chi connectivity index (χ0v) is 13.5. The summed E-state index contributed by atoms with van der Waals surface area (Å²) in [6.07, 6.45) is 1.92. The van der Waals surface area contributed by atoms with Gasteiger partial charge in [-0.2, -0.15) is 0 Å². The van der Waals surface area contributed by atoms with Gasteiger partial charge in [0.05, 0.1) is 9.40 Å². The minimum atomic E-state index is -0.467. The zero-order valence-electron chi connectivity index (χ0n) is 11.9. The van der Waals surface area contributed by atoms with Crippen LogP contribution in [-0.4, -0.2) is 31.1 Å². The van der Waals surface area contributed by atoms with E-state index >= 15 is 0 Å². The average Bonchev–Trinajstić information content (AvgIpc) is 2.48. The molecule has 1 fully saturated rings. The molecule has 0 spiro atoms. The fourth-order valence-electron chi connectivity index (χ4n) is 2.65. The SMILES string of the molecule is CCNCC1CCN(c2cc(F)c(Br)cc2[N+](=O)[O-])CC1. The van der Waals surface area contributed by atoms with Crippen molar-refractivity contribution in [2.75, 3.05) is 31.1 Å². The van der Waals surface area contributed by atoms with Crippen LogP contribution < -0.4 is 10.2 Å². The molecule has 1 aliphatic heterocycles. The lowest BCUT2D eigenvalue weighted by Gasteiger charge is -2.33. The zero-order chi connectivity index (χ0) is 15.4. The van der Waals surface area contributed by atoms with Crippen LogP contribution in [-0.2, 0) is 0 Å². The third-order valence-electron chi connectivity index (χ3n) is 3.85. The molecule has 1 aliphatic rings. The Bertz CT molecular complexity index is 519. The molecule has 1 aromatic rings. The molecular weight excluding hydrogens is 341 g/mol. The number of nitro benzene ring substituents is 1. The predicted octanol–water partition coefficient (Wildman–Crippen LogP) is 3.32. The molecule has 0 aliphatic carbocycles. The van der Waals surface area contributed by atoms with Crippen molar-refractivity contribution in [2.45, 2.75) is 19.8 Å². The van der Waals surface area contributed by atoms with Crippen LogP contribution in [0, 0.1) is 21.8 Å². The van der Waals surface area contributed by atoms with Gasteiger partial charge in [0.1, 0.15) is 11.5 Å². The van der Waals surface area contributed by atoms with Crippen LogP contribution >= 0.6 is 15.9 Å². The van der Waals surface area contributed by atoms with E-state index in [1.54, 1.807) is 0 Å². The molecule has 0 aromatic heterocycles. The second kappa shape index (κ2) is 7.17. The molecule has 0 amide bonds. The van der Waals surface area contributed by atoms with Gasteiger partial charge in [-0.1, -0.05) is 6.92 Å². The summed E-state index contributed by atoms with van der Waals surface area (Å²) in [5.74, 6) is 0.117. The van der Waals surface area contributed by atoms with E-state index in [1.165, 1.54) is 12.1 Å². The Labute approximate surface area is 131 Å². The van der Waals surface area contributed by atoms with E-state index in [9.17, 15) is 14.5 Å². The topological polar surface area (TPSA) is 58.4 Å². The second-order valence-corrected chi connectivity index (χ2v) is 6.10. The minimum Gasteiger partial charge on any atom is -0.366 e. The minimum absolute atomic E-state index is 0.0478. The summed E-state index contributed by atoms with van der Waals surface area (Å²) >= 11 is 3.00. The van der Waals surface area contributed by atoms with E-state index in [0.29, 0.717) is 11.6 Å². The maximum absolute atomic E-state index is 13.7. The maximum atomic E-state index is 13.7. The summed E-state index contributed by atoms with van der Waals surface area (Å²) in [5.41, 5.74) is 0.330. The van der Waals surface area contributed by atoms with Gasteiger partial charge in [-0.05, 0) is 47.8 Å². The van der Waals surface area contributed by atoms with E-state index in [0.717, 1.165) is 39.0 Å². The van der Waals surface area contributed by atoms with Gasteiger partial charge in [-0.3, -0.25) is 10.1 Å². The Morgan fingerprint density at radius 2 is 2.14 bits per heavy atom. The molecule has 1 heterocycles. The van der Waals surface area contributed by atoms with Crippen LogP contribution in [0.1, 0.15) is 19.8 Å². The summed E-state index contributed by atoms with van der Waals surface area (Å²) in [5, 5.41) is 14.5. The second-order valence-electron chi connectivity index (χ2n) is 5.25. The number of benzene rings is 1. The maximum Gasteiger partial charge on any atom is 0.293 e. The van der Waals surface area contributed by atoms with Crippen LogP contribution in [0.25, 0.3) is 0 Å². The fraction of sp³-hybridized carbons (Fsp3) is 0.571. The van der Waals surface area contributed by atoms with Crippen molar-refractivity contribution < 1.29 is 9.31 Å². The van der Waals surface area contributed by atoms with E-state index in [4.69, 9.17) is 0 Å². The number of nitrogens with one attached hydrogen (secondary N) is 1. The first-order chi connectivity index (χ1) is 10.0. The molecular formula is C14H19BrFN3O2. The lowest BCUT2D eigenvalue weighted by atomic mass is 9.96. The van der Waals surface area contributed by atoms with Crippen LogP contribution in [0.2, 0.25) is 0 Å². The number of hydrogen-bond donors (Lipinski definition) is 1. The standard InChI is InChI=1S/C14H19BrFN3O2/c1-2-17-9-10-3-5-18(6-4-10)13-8-12(16)11(15)7-14(13)19(20)21/h7-8,10,17H,2-6,9H2,1H3. The number of hydrogen-bond acceptors (Lipinski definition) is 4. The van der Waals surface area contributed by atoms with Gasteiger partial charge < -0.3 is 10.2 Å². The van der Waals surface area contributed by atoms with Crippen molar-refractivity contribution in [3.8, 4) is 0 Å². The lowest BCUT2D eigenvalue weighted by molar-refractivity contribution is -0.384. The third kappa shape index (κ3) is 3.91. The van der Waals surface area contributed by atoms with Gasteiger partial charge in [-0.25, -0.2) is 4.39 Å². The molecule has 1 saturated heterocycles. The van der Waals surface area contributed by atoms with Gasteiger partial charge >= 0.3 is 0 Å². The molecule has 2 rings (SSSR count). The molecule has 5 nitrogen and oxygen atoms in total. The van der Waals surface area contributed by atoms with E-state index in [1.807, 2.05) is 4.90 Å². The smallest absolute Gasteiger partial charge is 0.293 e. The lowest BCUT2D eigenvalue weighted by Crippen LogP contribution is -2.37. The molecule has 0 radical (unpaired) electrons. The van der Waals surface area contributed by atoms with Crippen molar-refractivity contribution in [2.24, 2.45) is 5.92 Å². The molecule has 21 heavy (non-hydrogen) atoms. The summed E-state index contributed by atoms with van der Waals surface area (Å²) in [7, 11) is 0. The van der Waals surface area contributed by atoms with Crippen molar-refractivity contribution in [1.29, 1.82) is 0 Å². The van der Waals surface area contributed by atoms with Gasteiger partial charge in [0.2, 0.25) is 0 Å². The Kier molecular flexibility index (Phi) is 5.52. The first-order valence-corrected chi connectivity index (χ1v) is 7.91. The molecule has 0 bridgehead atoms. The fourth-order valence-corrected chi connectivity index (χ4v) is 2.98. The van der Waals surface area contributed by atoms with Crippen LogP contribution in [0.15, 0.2) is 16.6 Å². The largest absolute Gasteiger partial charge is 0.366 e. The van der Waals surface area contributed by atoms with E-state index in [-0.39, 0.29) is 10.2 Å².